The first-order valence-electron chi connectivity index (χ1n) is 7.13. The minimum absolute atomic E-state index is 0.168. The maximum Gasteiger partial charge on any atom is 0.224 e. The van der Waals surface area contributed by atoms with Crippen molar-refractivity contribution in [1.29, 1.82) is 0 Å². The molecule has 2 atom stereocenters. The Labute approximate surface area is 114 Å². The molecule has 2 bridgehead atoms. The lowest BCUT2D eigenvalue weighted by Gasteiger charge is -2.27. The molecule has 0 aromatic carbocycles. The predicted octanol–water partition coefficient (Wildman–Crippen LogP) is 0.829. The first-order chi connectivity index (χ1) is 9.13. The maximum absolute atomic E-state index is 12.0. The van der Waals surface area contributed by atoms with Crippen LogP contribution in [0.25, 0.3) is 0 Å². The van der Waals surface area contributed by atoms with E-state index in [0.717, 1.165) is 38.3 Å². The molecular weight excluding hydrogens is 240 g/mol. The highest BCUT2D eigenvalue weighted by Crippen LogP contribution is 2.23. The number of nitrogens with one attached hydrogen (secondary N) is 1. The molecule has 0 unspecified atom stereocenters. The topological polar surface area (TPSA) is 50.2 Å². The van der Waals surface area contributed by atoms with E-state index in [2.05, 4.69) is 26.8 Å². The SMILES string of the molecule is Cc1ncc(CN2C[C@@H]3CCC[C@H](C2)C(=O)N3)n1C. The highest BCUT2D eigenvalue weighted by atomic mass is 16.2. The molecule has 0 aliphatic carbocycles. The van der Waals surface area contributed by atoms with E-state index in [4.69, 9.17) is 0 Å². The Morgan fingerprint density at radius 2 is 2.26 bits per heavy atom. The standard InChI is InChI=1S/C14H22N4O/c1-10-15-6-13(17(10)2)9-18-7-11-4-3-5-12(8-18)16-14(11)19/h6,11-12H,3-5,7-9H2,1-2H3,(H,16,19)/t11-,12+/m1/s1. The smallest absolute Gasteiger partial charge is 0.224 e. The number of amides is 1. The molecule has 2 fully saturated rings. The lowest BCUT2D eigenvalue weighted by molar-refractivity contribution is -0.124. The summed E-state index contributed by atoms with van der Waals surface area (Å²) in [4.78, 5) is 18.8. The van der Waals surface area contributed by atoms with Gasteiger partial charge in [-0.1, -0.05) is 6.42 Å². The van der Waals surface area contributed by atoms with Crippen molar-refractivity contribution in [3.8, 4) is 0 Å². The summed E-state index contributed by atoms with van der Waals surface area (Å²) in [6.45, 7) is 4.75. The van der Waals surface area contributed by atoms with Crippen LogP contribution in [0.3, 0.4) is 0 Å². The summed E-state index contributed by atoms with van der Waals surface area (Å²) in [5, 5.41) is 3.17. The summed E-state index contributed by atoms with van der Waals surface area (Å²) in [5.41, 5.74) is 1.23. The highest BCUT2D eigenvalue weighted by molar-refractivity contribution is 5.79. The van der Waals surface area contributed by atoms with Crippen LogP contribution in [-0.4, -0.2) is 39.5 Å². The first-order valence-corrected chi connectivity index (χ1v) is 7.13. The van der Waals surface area contributed by atoms with Gasteiger partial charge in [-0.05, 0) is 19.8 Å². The molecule has 2 aliphatic heterocycles. The predicted molar refractivity (Wildman–Crippen MR) is 72.5 cm³/mol. The van der Waals surface area contributed by atoms with Gasteiger partial charge in [-0.25, -0.2) is 4.98 Å². The van der Waals surface area contributed by atoms with Crippen LogP contribution in [0.1, 0.15) is 30.8 Å². The largest absolute Gasteiger partial charge is 0.352 e. The zero-order chi connectivity index (χ0) is 13.4. The maximum atomic E-state index is 12.0. The van der Waals surface area contributed by atoms with Crippen LogP contribution >= 0.6 is 0 Å². The molecule has 0 saturated carbocycles. The minimum Gasteiger partial charge on any atom is -0.352 e. The zero-order valence-corrected chi connectivity index (χ0v) is 11.7. The summed E-state index contributed by atoms with van der Waals surface area (Å²) < 4.78 is 2.13. The fourth-order valence-corrected chi connectivity index (χ4v) is 3.20. The molecule has 1 aromatic rings. The van der Waals surface area contributed by atoms with Crippen molar-refractivity contribution in [2.45, 2.75) is 38.8 Å². The fraction of sp³-hybridized carbons (Fsp3) is 0.714. The van der Waals surface area contributed by atoms with E-state index in [1.54, 1.807) is 0 Å². The van der Waals surface area contributed by atoms with Gasteiger partial charge in [0.05, 0.1) is 11.6 Å². The number of fused-ring (bicyclic) bond motifs is 3. The quantitative estimate of drug-likeness (QED) is 0.859. The van der Waals surface area contributed by atoms with Gasteiger partial charge in [0, 0.05) is 38.9 Å². The molecule has 1 amide bonds. The number of carbonyl (C=O) groups excluding carboxylic acids is 1. The molecule has 5 heteroatoms. The summed E-state index contributed by atoms with van der Waals surface area (Å²) in [5.74, 6) is 1.47. The van der Waals surface area contributed by atoms with Gasteiger partial charge in [-0.2, -0.15) is 0 Å². The molecule has 104 valence electrons. The molecule has 3 rings (SSSR count). The van der Waals surface area contributed by atoms with E-state index in [0.29, 0.717) is 6.04 Å². The van der Waals surface area contributed by atoms with E-state index >= 15 is 0 Å². The van der Waals surface area contributed by atoms with Crippen LogP contribution < -0.4 is 5.32 Å². The molecule has 1 aromatic heterocycles. The average Bonchev–Trinajstić information content (AvgIpc) is 2.53. The second-order valence-corrected chi connectivity index (χ2v) is 5.88. The van der Waals surface area contributed by atoms with E-state index in [-0.39, 0.29) is 11.8 Å². The van der Waals surface area contributed by atoms with Crippen molar-refractivity contribution in [2.24, 2.45) is 13.0 Å². The van der Waals surface area contributed by atoms with Gasteiger partial charge in [0.2, 0.25) is 5.91 Å². The number of nitrogens with zero attached hydrogens (tertiary/aromatic N) is 3. The molecular formula is C14H22N4O. The molecule has 1 N–H and O–H groups in total. The lowest BCUT2D eigenvalue weighted by Crippen LogP contribution is -2.38. The van der Waals surface area contributed by atoms with Gasteiger partial charge in [-0.3, -0.25) is 9.69 Å². The van der Waals surface area contributed by atoms with Crippen LogP contribution in [0.4, 0.5) is 0 Å². The van der Waals surface area contributed by atoms with E-state index in [1.807, 2.05) is 13.1 Å². The van der Waals surface area contributed by atoms with Crippen molar-refractivity contribution >= 4 is 5.91 Å². The summed E-state index contributed by atoms with van der Waals surface area (Å²) >= 11 is 0. The Hall–Kier alpha value is -1.36. The zero-order valence-electron chi connectivity index (χ0n) is 11.7. The molecule has 5 nitrogen and oxygen atoms in total. The van der Waals surface area contributed by atoms with E-state index in [1.165, 1.54) is 12.1 Å². The number of imidazole rings is 1. The van der Waals surface area contributed by atoms with Crippen LogP contribution in [-0.2, 0) is 18.4 Å². The van der Waals surface area contributed by atoms with Gasteiger partial charge in [-0.15, -0.1) is 0 Å². The van der Waals surface area contributed by atoms with Gasteiger partial charge in [0.1, 0.15) is 5.82 Å². The van der Waals surface area contributed by atoms with Gasteiger partial charge in [0.15, 0.2) is 0 Å². The second kappa shape index (κ2) is 4.96. The number of rotatable bonds is 2. The van der Waals surface area contributed by atoms with E-state index in [9.17, 15) is 4.79 Å². The van der Waals surface area contributed by atoms with Crippen LogP contribution in [0.5, 0.6) is 0 Å². The normalized spacial score (nSPS) is 28.0. The van der Waals surface area contributed by atoms with Crippen LogP contribution in [0.15, 0.2) is 6.20 Å². The molecule has 0 spiro atoms. The summed E-state index contributed by atoms with van der Waals surface area (Å²) in [6, 6.07) is 0.328. The lowest BCUT2D eigenvalue weighted by atomic mass is 9.99. The van der Waals surface area contributed by atoms with Crippen molar-refractivity contribution in [1.82, 2.24) is 19.8 Å². The Balaban J connectivity index is 1.75. The fourth-order valence-electron chi connectivity index (χ4n) is 3.20. The third kappa shape index (κ3) is 2.52. The van der Waals surface area contributed by atoms with Crippen LogP contribution in [0, 0.1) is 12.8 Å². The third-order valence-corrected chi connectivity index (χ3v) is 4.48. The molecule has 19 heavy (non-hydrogen) atoms. The molecule has 0 radical (unpaired) electrons. The van der Waals surface area contributed by atoms with E-state index < -0.39 is 0 Å². The number of hydrogen-bond acceptors (Lipinski definition) is 3. The highest BCUT2D eigenvalue weighted by Gasteiger charge is 2.32. The van der Waals surface area contributed by atoms with Gasteiger partial charge < -0.3 is 9.88 Å². The van der Waals surface area contributed by atoms with Crippen LogP contribution in [0.2, 0.25) is 0 Å². The van der Waals surface area contributed by atoms with Gasteiger partial charge in [0.25, 0.3) is 0 Å². The average molecular weight is 262 g/mol. The molecule has 2 saturated heterocycles. The van der Waals surface area contributed by atoms with Gasteiger partial charge >= 0.3 is 0 Å². The van der Waals surface area contributed by atoms with Crippen molar-refractivity contribution in [3.63, 3.8) is 0 Å². The Morgan fingerprint density at radius 1 is 1.42 bits per heavy atom. The number of aryl methyl sites for hydroxylation is 1. The number of hydrogen-bond donors (Lipinski definition) is 1. The Kier molecular flexibility index (Phi) is 3.31. The summed E-state index contributed by atoms with van der Waals surface area (Å²) in [7, 11) is 2.06. The monoisotopic (exact) mass is 262 g/mol. The Morgan fingerprint density at radius 3 is 3.00 bits per heavy atom. The minimum atomic E-state index is 0.168. The molecule has 2 aliphatic rings. The second-order valence-electron chi connectivity index (χ2n) is 5.88. The first kappa shape index (κ1) is 12.7. The molecule has 3 heterocycles. The number of carbonyl (C=O) groups is 1. The van der Waals surface area contributed by atoms with Crippen molar-refractivity contribution < 1.29 is 4.79 Å². The Bertz CT molecular complexity index is 482. The third-order valence-electron chi connectivity index (χ3n) is 4.48. The van der Waals surface area contributed by atoms with Crippen molar-refractivity contribution in [3.05, 3.63) is 17.7 Å². The number of aromatic nitrogens is 2. The van der Waals surface area contributed by atoms with Crippen molar-refractivity contribution in [2.75, 3.05) is 13.1 Å². The summed E-state index contributed by atoms with van der Waals surface area (Å²) in [6.07, 6.45) is 5.27. The number of likely N-dealkylation sites (tertiary alicyclic amines) is 1.